The highest BCUT2D eigenvalue weighted by Gasteiger charge is 2.56. The zero-order valence-corrected chi connectivity index (χ0v) is 22.8. The van der Waals surface area contributed by atoms with Crippen LogP contribution in [0.2, 0.25) is 0 Å². The van der Waals surface area contributed by atoms with Gasteiger partial charge < -0.3 is 4.90 Å². The van der Waals surface area contributed by atoms with Crippen molar-refractivity contribution in [1.29, 1.82) is 0 Å². The number of rotatable bonds is 6. The standard InChI is InChI=1S/C37H37N/c1-27-6-4-8-30(12-9-27)25-31-13-15-32(16-14-31)33-17-21-36(22-18-33)38(35-19-10-28(2)11-20-35)37-23-5-7-29(3)24-34(37)26-37/h4-5,8-24,34H,6-7,25-26H2,1-3H3. The summed E-state index contributed by atoms with van der Waals surface area (Å²) in [7, 11) is 0. The van der Waals surface area contributed by atoms with E-state index in [1.165, 1.54) is 56.8 Å². The number of aryl methyl sites for hydroxylation is 1. The molecule has 6 rings (SSSR count). The number of anilines is 2. The lowest BCUT2D eigenvalue weighted by molar-refractivity contribution is 0.759. The topological polar surface area (TPSA) is 3.24 Å². The van der Waals surface area contributed by atoms with Crippen molar-refractivity contribution < 1.29 is 0 Å². The summed E-state index contributed by atoms with van der Waals surface area (Å²) in [4.78, 5) is 2.57. The average Bonchev–Trinajstić information content (AvgIpc) is 3.66. The Morgan fingerprint density at radius 3 is 2.05 bits per heavy atom. The van der Waals surface area contributed by atoms with Gasteiger partial charge in [0, 0.05) is 17.3 Å². The molecule has 3 aliphatic rings. The molecular formula is C37H37N. The lowest BCUT2D eigenvalue weighted by atomic mass is 9.99. The van der Waals surface area contributed by atoms with Crippen molar-refractivity contribution in [3.05, 3.63) is 143 Å². The molecule has 0 N–H and O–H groups in total. The summed E-state index contributed by atoms with van der Waals surface area (Å²) >= 11 is 0. The number of fused-ring (bicyclic) bond motifs is 1. The van der Waals surface area contributed by atoms with E-state index in [-0.39, 0.29) is 5.54 Å². The molecular weight excluding hydrogens is 458 g/mol. The molecule has 3 aromatic carbocycles. The predicted molar refractivity (Wildman–Crippen MR) is 163 cm³/mol. The second kappa shape index (κ2) is 10.1. The first-order chi connectivity index (χ1) is 18.5. The summed E-state index contributed by atoms with van der Waals surface area (Å²) in [5, 5.41) is 0. The molecule has 0 bridgehead atoms. The van der Waals surface area contributed by atoms with Crippen molar-refractivity contribution in [3.63, 3.8) is 0 Å². The molecule has 0 saturated heterocycles. The fourth-order valence-electron chi connectivity index (χ4n) is 5.94. The van der Waals surface area contributed by atoms with Gasteiger partial charge in [-0.15, -0.1) is 0 Å². The van der Waals surface area contributed by atoms with Gasteiger partial charge in [-0.1, -0.05) is 108 Å². The molecule has 38 heavy (non-hydrogen) atoms. The van der Waals surface area contributed by atoms with Crippen LogP contribution in [-0.2, 0) is 6.42 Å². The molecule has 0 heterocycles. The highest BCUT2D eigenvalue weighted by Crippen LogP contribution is 2.56. The molecule has 1 nitrogen and oxygen atoms in total. The van der Waals surface area contributed by atoms with Gasteiger partial charge in [0.2, 0.25) is 0 Å². The minimum atomic E-state index is 0.0328. The molecule has 1 fully saturated rings. The quantitative estimate of drug-likeness (QED) is 0.308. The largest absolute Gasteiger partial charge is 0.331 e. The van der Waals surface area contributed by atoms with Crippen LogP contribution in [0, 0.1) is 12.8 Å². The fraction of sp³-hybridized carbons (Fsp3) is 0.243. The maximum Gasteiger partial charge on any atom is 0.0703 e. The summed E-state index contributed by atoms with van der Waals surface area (Å²) in [6, 6.07) is 27.3. The number of nitrogens with zero attached hydrogens (tertiary/aromatic N) is 1. The van der Waals surface area contributed by atoms with Crippen LogP contribution < -0.4 is 4.90 Å². The Morgan fingerprint density at radius 2 is 1.34 bits per heavy atom. The molecule has 0 amide bonds. The van der Waals surface area contributed by atoms with Crippen LogP contribution in [0.1, 0.15) is 44.2 Å². The first-order valence-electron chi connectivity index (χ1n) is 13.9. The maximum absolute atomic E-state index is 2.57. The van der Waals surface area contributed by atoms with E-state index in [1.807, 2.05) is 0 Å². The third-order valence-electron chi connectivity index (χ3n) is 8.24. The van der Waals surface area contributed by atoms with Crippen LogP contribution in [0.5, 0.6) is 0 Å². The van der Waals surface area contributed by atoms with E-state index in [4.69, 9.17) is 0 Å². The van der Waals surface area contributed by atoms with Gasteiger partial charge in [-0.3, -0.25) is 0 Å². The van der Waals surface area contributed by atoms with Gasteiger partial charge >= 0.3 is 0 Å². The van der Waals surface area contributed by atoms with Crippen molar-refractivity contribution >= 4 is 11.4 Å². The van der Waals surface area contributed by atoms with Crippen LogP contribution in [0.15, 0.2) is 132 Å². The zero-order valence-electron chi connectivity index (χ0n) is 22.8. The highest BCUT2D eigenvalue weighted by molar-refractivity contribution is 5.74. The Kier molecular flexibility index (Phi) is 6.54. The number of allylic oxidation sites excluding steroid dienone is 8. The summed E-state index contributed by atoms with van der Waals surface area (Å²) in [5.41, 5.74) is 12.0. The number of hydrogen-bond acceptors (Lipinski definition) is 1. The van der Waals surface area contributed by atoms with Crippen molar-refractivity contribution in [2.24, 2.45) is 5.92 Å². The minimum Gasteiger partial charge on any atom is -0.331 e. The smallest absolute Gasteiger partial charge is 0.0703 e. The predicted octanol–water partition coefficient (Wildman–Crippen LogP) is 9.84. The second-order valence-corrected chi connectivity index (χ2v) is 11.4. The normalized spacial score (nSPS) is 22.0. The van der Waals surface area contributed by atoms with Crippen molar-refractivity contribution in [3.8, 4) is 11.1 Å². The van der Waals surface area contributed by atoms with E-state index in [9.17, 15) is 0 Å². The molecule has 0 radical (unpaired) electrons. The fourth-order valence-corrected chi connectivity index (χ4v) is 5.94. The zero-order chi connectivity index (χ0) is 26.1. The molecule has 0 spiro atoms. The molecule has 0 aliphatic heterocycles. The number of hydrogen-bond donors (Lipinski definition) is 0. The van der Waals surface area contributed by atoms with Crippen molar-refractivity contribution in [2.45, 2.75) is 52.0 Å². The van der Waals surface area contributed by atoms with E-state index >= 15 is 0 Å². The maximum atomic E-state index is 2.57. The lowest BCUT2D eigenvalue weighted by Crippen LogP contribution is -2.33. The van der Waals surface area contributed by atoms with Crippen LogP contribution in [-0.4, -0.2) is 5.54 Å². The molecule has 1 saturated carbocycles. The van der Waals surface area contributed by atoms with Gasteiger partial charge in [0.15, 0.2) is 0 Å². The third kappa shape index (κ3) is 4.98. The number of benzene rings is 3. The summed E-state index contributed by atoms with van der Waals surface area (Å²) in [6.07, 6.45) is 20.6. The van der Waals surface area contributed by atoms with Crippen LogP contribution in [0.25, 0.3) is 11.1 Å². The minimum absolute atomic E-state index is 0.0328. The first kappa shape index (κ1) is 24.5. The van der Waals surface area contributed by atoms with E-state index in [2.05, 4.69) is 141 Å². The molecule has 3 aliphatic carbocycles. The average molecular weight is 496 g/mol. The van der Waals surface area contributed by atoms with Gasteiger partial charge in [-0.05, 0) is 93.0 Å². The Hall–Kier alpha value is -3.84. The molecule has 2 atom stereocenters. The van der Waals surface area contributed by atoms with Gasteiger partial charge in [0.05, 0.1) is 5.54 Å². The van der Waals surface area contributed by atoms with Crippen LogP contribution in [0.3, 0.4) is 0 Å². The van der Waals surface area contributed by atoms with Crippen LogP contribution in [0.4, 0.5) is 11.4 Å². The van der Waals surface area contributed by atoms with Gasteiger partial charge in [0.25, 0.3) is 0 Å². The van der Waals surface area contributed by atoms with Crippen LogP contribution >= 0.6 is 0 Å². The van der Waals surface area contributed by atoms with E-state index < -0.39 is 0 Å². The van der Waals surface area contributed by atoms with Crippen molar-refractivity contribution in [1.82, 2.24) is 0 Å². The summed E-state index contributed by atoms with van der Waals surface area (Å²) in [6.45, 7) is 6.61. The monoisotopic (exact) mass is 495 g/mol. The second-order valence-electron chi connectivity index (χ2n) is 11.4. The third-order valence-corrected chi connectivity index (χ3v) is 8.24. The van der Waals surface area contributed by atoms with E-state index in [1.54, 1.807) is 0 Å². The van der Waals surface area contributed by atoms with Gasteiger partial charge in [0.1, 0.15) is 0 Å². The summed E-state index contributed by atoms with van der Waals surface area (Å²) in [5.74, 6) is 0.563. The molecule has 190 valence electrons. The SMILES string of the molecule is CC1=CC=C(Cc2ccc(-c3ccc(N(c4ccc(C)cc4)C45C=CCC(C)=CC4C5)cc3)cc2)C=CC1. The van der Waals surface area contributed by atoms with Gasteiger partial charge in [-0.25, -0.2) is 0 Å². The first-order valence-corrected chi connectivity index (χ1v) is 13.9. The molecule has 0 aromatic heterocycles. The highest BCUT2D eigenvalue weighted by atomic mass is 15.2. The van der Waals surface area contributed by atoms with E-state index in [0.29, 0.717) is 5.92 Å². The Morgan fingerprint density at radius 1 is 0.711 bits per heavy atom. The Balaban J connectivity index is 1.26. The van der Waals surface area contributed by atoms with E-state index in [0.717, 1.165) is 19.3 Å². The Bertz CT molecular complexity index is 1460. The lowest BCUT2D eigenvalue weighted by Gasteiger charge is -2.33. The molecule has 2 unspecified atom stereocenters. The Labute approximate surface area is 228 Å². The van der Waals surface area contributed by atoms with Crippen molar-refractivity contribution in [2.75, 3.05) is 4.90 Å². The van der Waals surface area contributed by atoms with Gasteiger partial charge in [-0.2, -0.15) is 0 Å². The molecule has 3 aromatic rings. The molecule has 1 heteroatoms. The summed E-state index contributed by atoms with van der Waals surface area (Å²) < 4.78 is 0.